The molecule has 122 valence electrons. The first kappa shape index (κ1) is 15.2. The summed E-state index contributed by atoms with van der Waals surface area (Å²) in [5.41, 5.74) is 7.43. The van der Waals surface area contributed by atoms with Gasteiger partial charge in [0.05, 0.1) is 27.9 Å². The van der Waals surface area contributed by atoms with Crippen LogP contribution >= 0.6 is 11.3 Å². The fourth-order valence-corrected chi connectivity index (χ4v) is 3.92. The van der Waals surface area contributed by atoms with Crippen molar-refractivity contribution in [2.45, 2.75) is 12.3 Å². The molecule has 3 aromatic rings. The molecule has 1 aliphatic heterocycles. The molecule has 0 saturated carbocycles. The summed E-state index contributed by atoms with van der Waals surface area (Å²) in [5.74, 6) is 0.125. The van der Waals surface area contributed by atoms with Gasteiger partial charge in [-0.2, -0.15) is 0 Å². The van der Waals surface area contributed by atoms with Crippen molar-refractivity contribution in [1.82, 2.24) is 15.0 Å². The molecule has 0 bridgehead atoms. The van der Waals surface area contributed by atoms with Crippen LogP contribution in [0.25, 0.3) is 21.8 Å². The fraction of sp³-hybridized carbons (Fsp3) is 0.235. The van der Waals surface area contributed by atoms with Gasteiger partial charge in [-0.1, -0.05) is 12.1 Å². The van der Waals surface area contributed by atoms with E-state index in [1.54, 1.807) is 30.5 Å². The summed E-state index contributed by atoms with van der Waals surface area (Å²) >= 11 is 1.52. The Hall–Kier alpha value is -2.38. The number of benzene rings is 1. The van der Waals surface area contributed by atoms with Gasteiger partial charge in [0.2, 0.25) is 5.95 Å². The smallest absolute Gasteiger partial charge is 0.220 e. The van der Waals surface area contributed by atoms with Gasteiger partial charge in [-0.05, 0) is 24.6 Å². The number of nitrogen functional groups attached to an aromatic ring is 1. The molecule has 24 heavy (non-hydrogen) atoms. The van der Waals surface area contributed by atoms with Crippen molar-refractivity contribution in [3.05, 3.63) is 47.4 Å². The second-order valence-electron chi connectivity index (χ2n) is 5.57. The van der Waals surface area contributed by atoms with E-state index in [9.17, 15) is 4.39 Å². The van der Waals surface area contributed by atoms with Crippen LogP contribution in [0.1, 0.15) is 17.3 Å². The summed E-state index contributed by atoms with van der Waals surface area (Å²) in [6.45, 7) is 1.38. The minimum atomic E-state index is -0.305. The van der Waals surface area contributed by atoms with E-state index in [1.807, 2.05) is 0 Å². The van der Waals surface area contributed by atoms with Gasteiger partial charge in [-0.3, -0.25) is 0 Å². The second kappa shape index (κ2) is 6.26. The Morgan fingerprint density at radius 3 is 2.83 bits per heavy atom. The lowest BCUT2D eigenvalue weighted by Gasteiger charge is -2.03. The van der Waals surface area contributed by atoms with E-state index in [-0.39, 0.29) is 17.7 Å². The Morgan fingerprint density at radius 2 is 2.08 bits per heavy atom. The van der Waals surface area contributed by atoms with Crippen molar-refractivity contribution < 1.29 is 9.13 Å². The van der Waals surface area contributed by atoms with E-state index in [1.165, 1.54) is 17.4 Å². The molecule has 0 spiro atoms. The summed E-state index contributed by atoms with van der Waals surface area (Å²) in [6, 6.07) is 8.40. The zero-order valence-electron chi connectivity index (χ0n) is 12.8. The Labute approximate surface area is 142 Å². The van der Waals surface area contributed by atoms with Gasteiger partial charge in [-0.25, -0.2) is 19.3 Å². The topological polar surface area (TPSA) is 73.9 Å². The Morgan fingerprint density at radius 1 is 1.21 bits per heavy atom. The number of hydrogen-bond donors (Lipinski definition) is 1. The minimum Gasteiger partial charge on any atom is -0.381 e. The first-order valence-corrected chi connectivity index (χ1v) is 8.46. The monoisotopic (exact) mass is 342 g/mol. The third kappa shape index (κ3) is 2.76. The highest BCUT2D eigenvalue weighted by atomic mass is 32.1. The Balaban J connectivity index is 1.88. The molecule has 5 nitrogen and oxygen atoms in total. The molecule has 2 N–H and O–H groups in total. The third-order valence-electron chi connectivity index (χ3n) is 3.96. The van der Waals surface area contributed by atoms with Crippen LogP contribution in [0.4, 0.5) is 10.3 Å². The highest BCUT2D eigenvalue weighted by Crippen LogP contribution is 2.40. The van der Waals surface area contributed by atoms with Crippen LogP contribution in [0.3, 0.4) is 0 Å². The van der Waals surface area contributed by atoms with Crippen molar-refractivity contribution >= 4 is 17.3 Å². The van der Waals surface area contributed by atoms with E-state index >= 15 is 0 Å². The number of anilines is 1. The lowest BCUT2D eigenvalue weighted by Crippen LogP contribution is -1.96. The largest absolute Gasteiger partial charge is 0.381 e. The molecular formula is C17H15FN4OS. The van der Waals surface area contributed by atoms with Crippen LogP contribution in [-0.2, 0) is 4.74 Å². The third-order valence-corrected chi connectivity index (χ3v) is 5.20. The van der Waals surface area contributed by atoms with E-state index in [0.717, 1.165) is 22.9 Å². The number of halogens is 1. The first-order valence-electron chi connectivity index (χ1n) is 7.64. The number of nitrogens with two attached hydrogens (primary N) is 1. The molecular weight excluding hydrogens is 327 g/mol. The number of thiazole rings is 1. The highest BCUT2D eigenvalue weighted by molar-refractivity contribution is 7.15. The maximum Gasteiger partial charge on any atom is 0.220 e. The molecule has 1 fully saturated rings. The van der Waals surface area contributed by atoms with E-state index in [2.05, 4.69) is 9.97 Å². The van der Waals surface area contributed by atoms with Gasteiger partial charge >= 0.3 is 0 Å². The van der Waals surface area contributed by atoms with E-state index in [4.69, 9.17) is 15.5 Å². The van der Waals surface area contributed by atoms with Gasteiger partial charge in [0.25, 0.3) is 0 Å². The van der Waals surface area contributed by atoms with Crippen molar-refractivity contribution in [2.24, 2.45) is 0 Å². The lowest BCUT2D eigenvalue weighted by molar-refractivity contribution is 0.194. The van der Waals surface area contributed by atoms with Gasteiger partial charge in [-0.15, -0.1) is 11.3 Å². The normalized spacial score (nSPS) is 17.3. The van der Waals surface area contributed by atoms with Gasteiger partial charge in [0.15, 0.2) is 0 Å². The summed E-state index contributed by atoms with van der Waals surface area (Å²) < 4.78 is 19.8. The summed E-state index contributed by atoms with van der Waals surface area (Å²) in [6.07, 6.45) is 2.52. The number of aromatic nitrogens is 3. The Kier molecular flexibility index (Phi) is 3.95. The molecule has 1 saturated heterocycles. The Bertz CT molecular complexity index is 877. The van der Waals surface area contributed by atoms with Gasteiger partial charge < -0.3 is 10.5 Å². The second-order valence-corrected chi connectivity index (χ2v) is 6.60. The predicted molar refractivity (Wildman–Crippen MR) is 91.1 cm³/mol. The van der Waals surface area contributed by atoms with Crippen LogP contribution in [0, 0.1) is 5.82 Å². The molecule has 7 heteroatoms. The van der Waals surface area contributed by atoms with Crippen LogP contribution in [0.15, 0.2) is 36.5 Å². The number of nitrogens with zero attached hydrogens (tertiary/aromatic N) is 3. The van der Waals surface area contributed by atoms with Gasteiger partial charge in [0.1, 0.15) is 5.82 Å². The molecule has 1 unspecified atom stereocenters. The standard InChI is InChI=1S/C17H15FN4OS/c18-12-4-2-1-3-11(12)14-15(13-5-7-20-17(19)21-13)24-16(22-14)10-6-8-23-9-10/h1-5,7,10H,6,8-9H2,(H2,19,20,21). The molecule has 4 rings (SSSR count). The molecule has 1 aromatic carbocycles. The molecule has 1 aliphatic rings. The van der Waals surface area contributed by atoms with Crippen LogP contribution in [0.5, 0.6) is 0 Å². The van der Waals surface area contributed by atoms with Crippen LogP contribution in [0.2, 0.25) is 0 Å². The van der Waals surface area contributed by atoms with Crippen LogP contribution in [-0.4, -0.2) is 28.2 Å². The molecule has 3 heterocycles. The van der Waals surface area contributed by atoms with E-state index < -0.39 is 0 Å². The van der Waals surface area contributed by atoms with Crippen LogP contribution < -0.4 is 5.73 Å². The zero-order chi connectivity index (χ0) is 16.5. The zero-order valence-corrected chi connectivity index (χ0v) is 13.6. The summed E-state index contributed by atoms with van der Waals surface area (Å²) in [5, 5.41) is 0.943. The fourth-order valence-electron chi connectivity index (χ4n) is 2.75. The minimum absolute atomic E-state index is 0.186. The van der Waals surface area contributed by atoms with Crippen molar-refractivity contribution in [3.63, 3.8) is 0 Å². The average molecular weight is 342 g/mol. The molecule has 2 aromatic heterocycles. The molecule has 0 radical (unpaired) electrons. The number of rotatable bonds is 3. The predicted octanol–water partition coefficient (Wildman–Crippen LogP) is 3.49. The molecule has 0 aliphatic carbocycles. The molecule has 0 amide bonds. The van der Waals surface area contributed by atoms with E-state index in [0.29, 0.717) is 23.6 Å². The number of ether oxygens (including phenoxy) is 1. The quantitative estimate of drug-likeness (QED) is 0.789. The SMILES string of the molecule is Nc1nccc(-c2sc(C3CCOC3)nc2-c2ccccc2F)n1. The first-order chi connectivity index (χ1) is 11.7. The lowest BCUT2D eigenvalue weighted by atomic mass is 10.1. The van der Waals surface area contributed by atoms with Gasteiger partial charge in [0, 0.05) is 24.3 Å². The van der Waals surface area contributed by atoms with Crippen molar-refractivity contribution in [2.75, 3.05) is 18.9 Å². The van der Waals surface area contributed by atoms with Crippen molar-refractivity contribution in [3.8, 4) is 21.8 Å². The molecule has 1 atom stereocenters. The highest BCUT2D eigenvalue weighted by Gasteiger charge is 2.25. The maximum atomic E-state index is 14.3. The maximum absolute atomic E-state index is 14.3. The number of hydrogen-bond acceptors (Lipinski definition) is 6. The summed E-state index contributed by atoms with van der Waals surface area (Å²) in [7, 11) is 0. The average Bonchev–Trinajstić information content (AvgIpc) is 3.25. The van der Waals surface area contributed by atoms with Crippen molar-refractivity contribution in [1.29, 1.82) is 0 Å². The summed E-state index contributed by atoms with van der Waals surface area (Å²) in [4.78, 5) is 13.7.